The summed E-state index contributed by atoms with van der Waals surface area (Å²) < 4.78 is 5.70. The second-order valence-corrected chi connectivity index (χ2v) is 6.58. The smallest absolute Gasteiger partial charge is 0.234 e. The lowest BCUT2D eigenvalue weighted by Gasteiger charge is -2.10. The van der Waals surface area contributed by atoms with E-state index in [4.69, 9.17) is 4.74 Å². The van der Waals surface area contributed by atoms with Crippen LogP contribution < -0.4 is 15.2 Å². The highest BCUT2D eigenvalue weighted by molar-refractivity contribution is 8.00. The zero-order valence-corrected chi connectivity index (χ0v) is 15.1. The first kappa shape index (κ1) is 18.5. The highest BCUT2D eigenvalue weighted by atomic mass is 32.2. The van der Waals surface area contributed by atoms with E-state index in [1.165, 1.54) is 6.07 Å². The predicted molar refractivity (Wildman–Crippen MR) is 103 cm³/mol. The fourth-order valence-corrected chi connectivity index (χ4v) is 3.17. The molecule has 1 N–H and O–H groups in total. The van der Waals surface area contributed by atoms with Crippen LogP contribution in [0.1, 0.15) is 10.4 Å². The second kappa shape index (κ2) is 8.91. The Morgan fingerprint density at radius 2 is 1.48 bits per heavy atom. The Bertz CT molecular complexity index is 926. The van der Waals surface area contributed by atoms with Gasteiger partial charge in [-0.1, -0.05) is 36.4 Å². The van der Waals surface area contributed by atoms with Crippen LogP contribution in [0.4, 0.5) is 5.69 Å². The quantitative estimate of drug-likeness (QED) is 0.636. The van der Waals surface area contributed by atoms with Crippen LogP contribution in [0.5, 0.6) is 11.5 Å². The minimum Gasteiger partial charge on any atom is -0.545 e. The van der Waals surface area contributed by atoms with Gasteiger partial charge < -0.3 is 20.0 Å². The fraction of sp³-hybridized carbons (Fsp3) is 0.0476. The molecule has 136 valence electrons. The van der Waals surface area contributed by atoms with Crippen molar-refractivity contribution < 1.29 is 19.4 Å². The summed E-state index contributed by atoms with van der Waals surface area (Å²) in [5, 5.41) is 13.9. The number of aromatic carboxylic acids is 1. The lowest BCUT2D eigenvalue weighted by molar-refractivity contribution is -0.255. The molecule has 6 heteroatoms. The van der Waals surface area contributed by atoms with E-state index in [0.717, 1.165) is 17.5 Å². The number of thioether (sulfide) groups is 1. The van der Waals surface area contributed by atoms with E-state index in [9.17, 15) is 14.7 Å². The zero-order valence-electron chi connectivity index (χ0n) is 14.3. The average molecular weight is 378 g/mol. The Labute approximate surface area is 161 Å². The summed E-state index contributed by atoms with van der Waals surface area (Å²) >= 11 is 1.15. The number of anilines is 1. The summed E-state index contributed by atoms with van der Waals surface area (Å²) in [7, 11) is 0. The zero-order chi connectivity index (χ0) is 19.1. The number of benzene rings is 3. The molecule has 3 aromatic rings. The van der Waals surface area contributed by atoms with Crippen molar-refractivity contribution in [3.63, 3.8) is 0 Å². The topological polar surface area (TPSA) is 78.5 Å². The van der Waals surface area contributed by atoms with Gasteiger partial charge >= 0.3 is 0 Å². The Hall–Kier alpha value is -3.25. The van der Waals surface area contributed by atoms with Crippen LogP contribution in [-0.2, 0) is 4.79 Å². The number of para-hydroxylation sites is 1. The molecule has 0 radical (unpaired) electrons. The third-order valence-corrected chi connectivity index (χ3v) is 4.66. The van der Waals surface area contributed by atoms with E-state index < -0.39 is 5.97 Å². The number of ether oxygens (including phenoxy) is 1. The number of amides is 1. The van der Waals surface area contributed by atoms with Gasteiger partial charge in [0, 0.05) is 16.1 Å². The molecule has 27 heavy (non-hydrogen) atoms. The van der Waals surface area contributed by atoms with Crippen LogP contribution in [0.25, 0.3) is 0 Å². The maximum absolute atomic E-state index is 12.1. The van der Waals surface area contributed by atoms with Gasteiger partial charge in [0.15, 0.2) is 0 Å². The van der Waals surface area contributed by atoms with Gasteiger partial charge in [0.25, 0.3) is 0 Å². The molecular weight excluding hydrogens is 362 g/mol. The van der Waals surface area contributed by atoms with Crippen molar-refractivity contribution in [1.82, 2.24) is 0 Å². The Morgan fingerprint density at radius 1 is 0.852 bits per heavy atom. The van der Waals surface area contributed by atoms with Crippen molar-refractivity contribution in [3.05, 3.63) is 84.4 Å². The third kappa shape index (κ3) is 5.36. The summed E-state index contributed by atoms with van der Waals surface area (Å²) in [6, 6.07) is 22.9. The average Bonchev–Trinajstić information content (AvgIpc) is 2.69. The molecule has 0 aliphatic carbocycles. The van der Waals surface area contributed by atoms with Gasteiger partial charge in [-0.3, -0.25) is 4.79 Å². The van der Waals surface area contributed by atoms with Crippen LogP contribution in [0.15, 0.2) is 83.8 Å². The lowest BCUT2D eigenvalue weighted by atomic mass is 10.2. The van der Waals surface area contributed by atoms with Gasteiger partial charge in [0.1, 0.15) is 11.5 Å². The van der Waals surface area contributed by atoms with Crippen LogP contribution in [0.2, 0.25) is 0 Å². The molecule has 0 saturated carbocycles. The molecule has 0 spiro atoms. The van der Waals surface area contributed by atoms with E-state index in [-0.39, 0.29) is 17.2 Å². The summed E-state index contributed by atoms with van der Waals surface area (Å²) in [6.07, 6.45) is 0. The van der Waals surface area contributed by atoms with Crippen LogP contribution >= 0.6 is 11.8 Å². The first-order valence-corrected chi connectivity index (χ1v) is 9.16. The molecule has 3 aromatic carbocycles. The van der Waals surface area contributed by atoms with E-state index in [2.05, 4.69) is 5.32 Å². The molecule has 0 aliphatic heterocycles. The number of carboxylic acid groups (broad SMARTS) is 1. The molecule has 0 aliphatic rings. The Morgan fingerprint density at radius 3 is 2.19 bits per heavy atom. The summed E-state index contributed by atoms with van der Waals surface area (Å²) in [6.45, 7) is 0. The molecule has 1 amide bonds. The van der Waals surface area contributed by atoms with E-state index >= 15 is 0 Å². The number of hydrogen-bond donors (Lipinski definition) is 1. The van der Waals surface area contributed by atoms with Crippen molar-refractivity contribution in [1.29, 1.82) is 0 Å². The lowest BCUT2D eigenvalue weighted by Crippen LogP contribution is -2.23. The number of hydrogen-bond acceptors (Lipinski definition) is 5. The molecule has 0 bridgehead atoms. The number of nitrogens with one attached hydrogen (secondary N) is 1. The highest BCUT2D eigenvalue weighted by Crippen LogP contribution is 2.24. The molecule has 5 nitrogen and oxygen atoms in total. The normalized spacial score (nSPS) is 10.2. The largest absolute Gasteiger partial charge is 0.545 e. The summed E-state index contributed by atoms with van der Waals surface area (Å²) in [5.41, 5.74) is 0.715. The predicted octanol–water partition coefficient (Wildman–Crippen LogP) is 3.57. The Balaban J connectivity index is 1.54. The first-order valence-electron chi connectivity index (χ1n) is 8.18. The summed E-state index contributed by atoms with van der Waals surface area (Å²) in [5.74, 6) is -0.00171. The molecule has 0 saturated heterocycles. The number of carboxylic acids is 1. The number of rotatable bonds is 7. The number of carbonyl (C=O) groups excluding carboxylic acids is 2. The van der Waals surface area contributed by atoms with Crippen molar-refractivity contribution in [2.24, 2.45) is 0 Å². The molecule has 0 aromatic heterocycles. The van der Waals surface area contributed by atoms with Crippen molar-refractivity contribution in [2.45, 2.75) is 4.90 Å². The van der Waals surface area contributed by atoms with Crippen molar-refractivity contribution in [3.8, 4) is 11.5 Å². The van der Waals surface area contributed by atoms with E-state index in [1.807, 2.05) is 30.3 Å². The molecular formula is C21H16NO4S-. The van der Waals surface area contributed by atoms with Gasteiger partial charge in [0.05, 0.1) is 11.7 Å². The van der Waals surface area contributed by atoms with Gasteiger partial charge in [-0.2, -0.15) is 0 Å². The molecule has 3 rings (SSSR count). The minimum atomic E-state index is -1.26. The molecule has 0 unspecified atom stereocenters. The van der Waals surface area contributed by atoms with Crippen LogP contribution in [-0.4, -0.2) is 17.6 Å². The highest BCUT2D eigenvalue weighted by Gasteiger charge is 2.08. The van der Waals surface area contributed by atoms with Crippen LogP contribution in [0, 0.1) is 0 Å². The molecule has 0 atom stereocenters. The molecule has 0 fully saturated rings. The van der Waals surface area contributed by atoms with Crippen molar-refractivity contribution >= 4 is 29.3 Å². The summed E-state index contributed by atoms with van der Waals surface area (Å²) in [4.78, 5) is 23.7. The maximum atomic E-state index is 12.1. The van der Waals surface area contributed by atoms with Gasteiger partial charge in [-0.25, -0.2) is 0 Å². The van der Waals surface area contributed by atoms with Gasteiger partial charge in [0.2, 0.25) is 5.91 Å². The van der Waals surface area contributed by atoms with Gasteiger partial charge in [-0.15, -0.1) is 11.8 Å². The van der Waals surface area contributed by atoms with Crippen molar-refractivity contribution in [2.75, 3.05) is 11.1 Å². The number of carbonyl (C=O) groups is 2. The monoisotopic (exact) mass is 378 g/mol. The molecule has 0 heterocycles. The maximum Gasteiger partial charge on any atom is 0.234 e. The van der Waals surface area contributed by atoms with Gasteiger partial charge in [-0.05, 0) is 42.5 Å². The van der Waals surface area contributed by atoms with Crippen LogP contribution in [0.3, 0.4) is 0 Å². The fourth-order valence-electron chi connectivity index (χ4n) is 2.33. The third-order valence-electron chi connectivity index (χ3n) is 3.58. The first-order chi connectivity index (χ1) is 13.1. The standard InChI is InChI=1S/C21H17NO4S/c23-20(14-27-19-9-5-4-8-18(19)21(24)25)22-15-10-12-17(13-11-15)26-16-6-2-1-3-7-16/h1-13H,14H2,(H,22,23)(H,24,25)/p-1. The Kier molecular flexibility index (Phi) is 6.12. The van der Waals surface area contributed by atoms with E-state index in [0.29, 0.717) is 16.3 Å². The SMILES string of the molecule is O=C(CSc1ccccc1C(=O)[O-])Nc1ccc(Oc2ccccc2)cc1. The minimum absolute atomic E-state index is 0.0812. The second-order valence-electron chi connectivity index (χ2n) is 5.56. The van der Waals surface area contributed by atoms with E-state index in [1.54, 1.807) is 42.5 Å².